The molecule has 2 fully saturated rings. The first-order valence-electron chi connectivity index (χ1n) is 8.27. The van der Waals surface area contributed by atoms with Crippen molar-refractivity contribution in [3.05, 3.63) is 29.8 Å². The molecule has 3 rings (SSSR count). The molecule has 124 valence electrons. The van der Waals surface area contributed by atoms with Crippen LogP contribution in [0.3, 0.4) is 0 Å². The van der Waals surface area contributed by atoms with E-state index in [0.717, 1.165) is 30.6 Å². The molecule has 1 aliphatic carbocycles. The van der Waals surface area contributed by atoms with Crippen LogP contribution in [0.2, 0.25) is 0 Å². The number of hydrogen-bond acceptors (Lipinski definition) is 4. The van der Waals surface area contributed by atoms with Gasteiger partial charge in [-0.15, -0.1) is 0 Å². The third-order valence-electron chi connectivity index (χ3n) is 4.88. The SMILES string of the molecule is Cc1ccccc1OCCN1C(=O)OC(=O)C2CC(C)CCC21. The zero-order valence-electron chi connectivity index (χ0n) is 13.7. The van der Waals surface area contributed by atoms with Crippen LogP contribution in [0.5, 0.6) is 5.75 Å². The lowest BCUT2D eigenvalue weighted by atomic mass is 9.77. The molecule has 23 heavy (non-hydrogen) atoms. The van der Waals surface area contributed by atoms with Gasteiger partial charge in [-0.2, -0.15) is 0 Å². The molecular formula is C18H23NO4. The highest BCUT2D eigenvalue weighted by Gasteiger charge is 2.45. The highest BCUT2D eigenvalue weighted by atomic mass is 16.6. The van der Waals surface area contributed by atoms with E-state index in [0.29, 0.717) is 19.1 Å². The smallest absolute Gasteiger partial charge is 0.417 e. The second-order valence-electron chi connectivity index (χ2n) is 6.59. The van der Waals surface area contributed by atoms with E-state index in [1.807, 2.05) is 31.2 Å². The molecule has 0 radical (unpaired) electrons. The van der Waals surface area contributed by atoms with E-state index < -0.39 is 6.09 Å². The average molecular weight is 317 g/mol. The van der Waals surface area contributed by atoms with Crippen molar-refractivity contribution in [1.82, 2.24) is 4.90 Å². The molecule has 1 amide bonds. The van der Waals surface area contributed by atoms with Crippen molar-refractivity contribution >= 4 is 12.1 Å². The van der Waals surface area contributed by atoms with Gasteiger partial charge in [0.05, 0.1) is 12.5 Å². The fourth-order valence-corrected chi connectivity index (χ4v) is 3.58. The Balaban J connectivity index is 1.63. The maximum atomic E-state index is 12.1. The number of para-hydroxylation sites is 1. The maximum absolute atomic E-state index is 12.1. The molecule has 1 aliphatic heterocycles. The summed E-state index contributed by atoms with van der Waals surface area (Å²) < 4.78 is 10.7. The van der Waals surface area contributed by atoms with Crippen LogP contribution in [0.4, 0.5) is 4.79 Å². The van der Waals surface area contributed by atoms with Crippen LogP contribution in [0.1, 0.15) is 31.7 Å². The minimum Gasteiger partial charge on any atom is -0.491 e. The number of esters is 1. The Bertz CT molecular complexity index is 600. The van der Waals surface area contributed by atoms with E-state index >= 15 is 0 Å². The number of ether oxygens (including phenoxy) is 2. The van der Waals surface area contributed by atoms with Gasteiger partial charge in [0, 0.05) is 6.04 Å². The summed E-state index contributed by atoms with van der Waals surface area (Å²) in [6.07, 6.45) is 2.17. The summed E-state index contributed by atoms with van der Waals surface area (Å²) in [4.78, 5) is 25.7. The van der Waals surface area contributed by atoms with E-state index in [9.17, 15) is 9.59 Å². The summed E-state index contributed by atoms with van der Waals surface area (Å²) in [6.45, 7) is 4.97. The van der Waals surface area contributed by atoms with E-state index in [4.69, 9.17) is 9.47 Å². The molecule has 0 bridgehead atoms. The van der Waals surface area contributed by atoms with Crippen LogP contribution >= 0.6 is 0 Å². The lowest BCUT2D eigenvalue weighted by molar-refractivity contribution is -0.153. The Morgan fingerprint density at radius 2 is 2.04 bits per heavy atom. The zero-order valence-corrected chi connectivity index (χ0v) is 13.7. The second kappa shape index (κ2) is 6.60. The van der Waals surface area contributed by atoms with Crippen molar-refractivity contribution in [3.8, 4) is 5.75 Å². The minimum absolute atomic E-state index is 0.0413. The largest absolute Gasteiger partial charge is 0.491 e. The third-order valence-corrected chi connectivity index (χ3v) is 4.88. The highest BCUT2D eigenvalue weighted by molar-refractivity contribution is 5.89. The molecule has 2 aliphatic rings. The second-order valence-corrected chi connectivity index (χ2v) is 6.59. The van der Waals surface area contributed by atoms with Crippen LogP contribution in [0, 0.1) is 18.8 Å². The number of carbonyl (C=O) groups is 2. The molecule has 5 nitrogen and oxygen atoms in total. The molecule has 0 spiro atoms. The van der Waals surface area contributed by atoms with Gasteiger partial charge in [-0.05, 0) is 43.7 Å². The number of benzene rings is 1. The monoisotopic (exact) mass is 317 g/mol. The van der Waals surface area contributed by atoms with Crippen molar-refractivity contribution in [2.45, 2.75) is 39.2 Å². The molecule has 1 aromatic carbocycles. The van der Waals surface area contributed by atoms with E-state index in [-0.39, 0.29) is 17.9 Å². The normalized spacial score (nSPS) is 27.4. The number of amides is 1. The van der Waals surface area contributed by atoms with Crippen molar-refractivity contribution in [2.75, 3.05) is 13.2 Å². The van der Waals surface area contributed by atoms with Crippen LogP contribution in [0.15, 0.2) is 24.3 Å². The first kappa shape index (κ1) is 15.8. The molecule has 1 heterocycles. The Hall–Kier alpha value is -2.04. The Morgan fingerprint density at radius 1 is 1.26 bits per heavy atom. The summed E-state index contributed by atoms with van der Waals surface area (Å²) in [5, 5.41) is 0. The van der Waals surface area contributed by atoms with Crippen molar-refractivity contribution in [2.24, 2.45) is 11.8 Å². The highest BCUT2D eigenvalue weighted by Crippen LogP contribution is 2.36. The van der Waals surface area contributed by atoms with Crippen molar-refractivity contribution in [1.29, 1.82) is 0 Å². The first-order valence-corrected chi connectivity index (χ1v) is 8.27. The van der Waals surface area contributed by atoms with Gasteiger partial charge in [-0.25, -0.2) is 4.79 Å². The number of carbonyl (C=O) groups excluding carboxylic acids is 2. The molecular weight excluding hydrogens is 294 g/mol. The van der Waals surface area contributed by atoms with Gasteiger partial charge in [0.1, 0.15) is 12.4 Å². The summed E-state index contributed by atoms with van der Waals surface area (Å²) in [5.41, 5.74) is 1.06. The van der Waals surface area contributed by atoms with E-state index in [1.54, 1.807) is 4.90 Å². The van der Waals surface area contributed by atoms with Gasteiger partial charge in [0.25, 0.3) is 0 Å². The molecule has 3 unspecified atom stereocenters. The average Bonchev–Trinajstić information content (AvgIpc) is 2.52. The first-order chi connectivity index (χ1) is 11.1. The predicted molar refractivity (Wildman–Crippen MR) is 85.2 cm³/mol. The van der Waals surface area contributed by atoms with Gasteiger partial charge in [-0.3, -0.25) is 4.79 Å². The summed E-state index contributed by atoms with van der Waals surface area (Å²) in [7, 11) is 0. The van der Waals surface area contributed by atoms with Crippen LogP contribution < -0.4 is 4.74 Å². The maximum Gasteiger partial charge on any atom is 0.417 e. The molecule has 0 N–H and O–H groups in total. The van der Waals surface area contributed by atoms with Gasteiger partial charge in [-0.1, -0.05) is 25.1 Å². The van der Waals surface area contributed by atoms with Crippen LogP contribution in [0.25, 0.3) is 0 Å². The third kappa shape index (κ3) is 3.33. The van der Waals surface area contributed by atoms with Gasteiger partial charge >= 0.3 is 12.1 Å². The van der Waals surface area contributed by atoms with Crippen LogP contribution in [-0.4, -0.2) is 36.2 Å². The number of cyclic esters (lactones) is 2. The fraction of sp³-hybridized carbons (Fsp3) is 0.556. The standard InChI is InChI=1S/C18H23NO4/c1-12-7-8-15-14(11-12)17(20)23-18(21)19(15)9-10-22-16-6-4-3-5-13(16)2/h3-6,12,14-15H,7-11H2,1-2H3. The molecule has 5 heteroatoms. The van der Waals surface area contributed by atoms with Gasteiger partial charge in [0.15, 0.2) is 0 Å². The molecule has 3 atom stereocenters. The van der Waals surface area contributed by atoms with Gasteiger partial charge < -0.3 is 14.4 Å². The summed E-state index contributed by atoms with van der Waals surface area (Å²) in [6, 6.07) is 7.75. The summed E-state index contributed by atoms with van der Waals surface area (Å²) in [5.74, 6) is 0.780. The van der Waals surface area contributed by atoms with Crippen LogP contribution in [-0.2, 0) is 9.53 Å². The number of hydrogen-bond donors (Lipinski definition) is 0. The molecule has 1 aromatic rings. The van der Waals surface area contributed by atoms with E-state index in [1.165, 1.54) is 0 Å². The van der Waals surface area contributed by atoms with E-state index in [2.05, 4.69) is 6.92 Å². The Morgan fingerprint density at radius 3 is 2.83 bits per heavy atom. The number of aryl methyl sites for hydroxylation is 1. The van der Waals surface area contributed by atoms with Crippen molar-refractivity contribution in [3.63, 3.8) is 0 Å². The lowest BCUT2D eigenvalue weighted by Crippen LogP contribution is -2.56. The summed E-state index contributed by atoms with van der Waals surface area (Å²) >= 11 is 0. The minimum atomic E-state index is -0.529. The molecule has 0 aromatic heterocycles. The van der Waals surface area contributed by atoms with Gasteiger partial charge in [0.2, 0.25) is 0 Å². The number of rotatable bonds is 4. The topological polar surface area (TPSA) is 55.8 Å². The Labute approximate surface area is 136 Å². The predicted octanol–water partition coefficient (Wildman–Crippen LogP) is 3.16. The fourth-order valence-electron chi connectivity index (χ4n) is 3.58. The number of fused-ring (bicyclic) bond motifs is 1. The Kier molecular flexibility index (Phi) is 4.55. The zero-order chi connectivity index (χ0) is 16.4. The lowest BCUT2D eigenvalue weighted by Gasteiger charge is -2.43. The van der Waals surface area contributed by atoms with Crippen molar-refractivity contribution < 1.29 is 19.1 Å². The molecule has 1 saturated heterocycles. The quantitative estimate of drug-likeness (QED) is 0.632. The number of nitrogens with zero attached hydrogens (tertiary/aromatic N) is 1. The molecule has 1 saturated carbocycles.